The minimum Gasteiger partial charge on any atom is -0.490 e. The van der Waals surface area contributed by atoms with Gasteiger partial charge in [0.25, 0.3) is 0 Å². The van der Waals surface area contributed by atoms with Gasteiger partial charge in [-0.1, -0.05) is 12.0 Å². The molecule has 0 aliphatic carbocycles. The van der Waals surface area contributed by atoms with Crippen LogP contribution in [-0.2, 0) is 0 Å². The number of benzene rings is 1. The van der Waals surface area contributed by atoms with Crippen molar-refractivity contribution in [2.75, 3.05) is 18.9 Å². The molecule has 4 heterocycles. The van der Waals surface area contributed by atoms with Crippen LogP contribution in [0.2, 0.25) is 0 Å². The van der Waals surface area contributed by atoms with E-state index in [0.717, 1.165) is 0 Å². The smallest absolute Gasteiger partial charge is 0.322 e. The molecule has 0 fully saturated rings. The number of halogens is 1. The SMILES string of the molecule is C#Cc1cc(OCCO)c(-c2[nH]c3ncnc(N)c3c2-c2ccc(Oc3nccc(C)n3)c(F)c2)cn1. The van der Waals surface area contributed by atoms with Crippen LogP contribution in [0.1, 0.15) is 11.4 Å². The molecule has 0 atom stereocenters. The van der Waals surface area contributed by atoms with Gasteiger partial charge in [0, 0.05) is 29.7 Å². The molecule has 1 aromatic carbocycles. The predicted octanol–water partition coefficient (Wildman–Crippen LogP) is 3.65. The third kappa shape index (κ3) is 4.61. The van der Waals surface area contributed by atoms with Gasteiger partial charge in [-0.3, -0.25) is 0 Å². The minimum absolute atomic E-state index is 0.0280. The summed E-state index contributed by atoms with van der Waals surface area (Å²) in [4.78, 5) is 24.1. The Morgan fingerprint density at radius 1 is 1.14 bits per heavy atom. The lowest BCUT2D eigenvalue weighted by molar-refractivity contribution is 0.201. The Morgan fingerprint density at radius 2 is 2.00 bits per heavy atom. The lowest BCUT2D eigenvalue weighted by atomic mass is 9.98. The van der Waals surface area contributed by atoms with Crippen LogP contribution in [-0.4, -0.2) is 48.2 Å². The topological polar surface area (TPSA) is 145 Å². The number of H-pyrrole nitrogens is 1. The fraction of sp³-hybridized carbons (Fsp3) is 0.115. The van der Waals surface area contributed by atoms with Gasteiger partial charge in [0.2, 0.25) is 0 Å². The second-order valence-corrected chi connectivity index (χ2v) is 7.87. The van der Waals surface area contributed by atoms with Gasteiger partial charge in [-0.15, -0.1) is 6.42 Å². The number of aliphatic hydroxyl groups excluding tert-OH is 1. The number of terminal acetylenes is 1. The molecule has 10 nitrogen and oxygen atoms in total. The molecule has 0 saturated heterocycles. The van der Waals surface area contributed by atoms with Crippen LogP contribution in [0.5, 0.6) is 17.5 Å². The minimum atomic E-state index is -0.643. The first kappa shape index (κ1) is 23.7. The number of aryl methyl sites for hydroxylation is 1. The Bertz CT molecular complexity index is 1660. The molecule has 5 aromatic rings. The molecule has 0 aliphatic heterocycles. The largest absolute Gasteiger partial charge is 0.490 e. The molecular formula is C26H20FN7O3. The first-order chi connectivity index (χ1) is 18.0. The van der Waals surface area contributed by atoms with Gasteiger partial charge in [0.1, 0.15) is 35.8 Å². The monoisotopic (exact) mass is 497 g/mol. The molecule has 0 unspecified atom stereocenters. The Morgan fingerprint density at radius 3 is 2.76 bits per heavy atom. The van der Waals surface area contributed by atoms with Crippen molar-refractivity contribution in [2.24, 2.45) is 0 Å². The fourth-order valence-electron chi connectivity index (χ4n) is 3.83. The number of aromatic nitrogens is 6. The summed E-state index contributed by atoms with van der Waals surface area (Å²) in [7, 11) is 0. The highest BCUT2D eigenvalue weighted by atomic mass is 19.1. The average Bonchev–Trinajstić information content (AvgIpc) is 3.29. The zero-order valence-electron chi connectivity index (χ0n) is 19.6. The van der Waals surface area contributed by atoms with Gasteiger partial charge >= 0.3 is 6.01 Å². The van der Waals surface area contributed by atoms with E-state index in [-0.39, 0.29) is 30.8 Å². The van der Waals surface area contributed by atoms with Crippen LogP contribution >= 0.6 is 0 Å². The lowest BCUT2D eigenvalue weighted by Crippen LogP contribution is -2.04. The van der Waals surface area contributed by atoms with Gasteiger partial charge in [-0.2, -0.15) is 0 Å². The van der Waals surface area contributed by atoms with Crippen LogP contribution in [0.3, 0.4) is 0 Å². The summed E-state index contributed by atoms with van der Waals surface area (Å²) in [5.41, 5.74) is 9.68. The molecule has 37 heavy (non-hydrogen) atoms. The first-order valence-corrected chi connectivity index (χ1v) is 11.1. The Balaban J connectivity index is 1.67. The zero-order chi connectivity index (χ0) is 25.9. The molecule has 0 aliphatic rings. The summed E-state index contributed by atoms with van der Waals surface area (Å²) in [5, 5.41) is 9.78. The number of aromatic amines is 1. The third-order valence-corrected chi connectivity index (χ3v) is 5.45. The van der Waals surface area contributed by atoms with E-state index in [1.54, 1.807) is 25.1 Å². The molecule has 0 bridgehead atoms. The van der Waals surface area contributed by atoms with Crippen LogP contribution in [0.4, 0.5) is 10.2 Å². The van der Waals surface area contributed by atoms with E-state index >= 15 is 4.39 Å². The average molecular weight is 497 g/mol. The van der Waals surface area contributed by atoms with Crippen molar-refractivity contribution in [3.8, 4) is 52.2 Å². The number of ether oxygens (including phenoxy) is 2. The number of pyridine rings is 1. The van der Waals surface area contributed by atoms with Crippen LogP contribution in [0, 0.1) is 25.1 Å². The van der Waals surface area contributed by atoms with Gasteiger partial charge in [0.15, 0.2) is 11.6 Å². The number of rotatable bonds is 7. The molecule has 4 aromatic heterocycles. The van der Waals surface area contributed by atoms with Crippen molar-refractivity contribution in [1.29, 1.82) is 0 Å². The van der Waals surface area contributed by atoms with Gasteiger partial charge in [0.05, 0.1) is 23.3 Å². The second kappa shape index (κ2) is 9.88. The maximum absolute atomic E-state index is 15.3. The Hall–Kier alpha value is -5.08. The van der Waals surface area contributed by atoms with Crippen molar-refractivity contribution in [3.05, 3.63) is 66.3 Å². The quantitative estimate of drug-likeness (QED) is 0.287. The highest BCUT2D eigenvalue weighted by Gasteiger charge is 2.23. The molecule has 184 valence electrons. The van der Waals surface area contributed by atoms with Crippen LogP contribution in [0.25, 0.3) is 33.4 Å². The van der Waals surface area contributed by atoms with E-state index in [0.29, 0.717) is 50.6 Å². The van der Waals surface area contributed by atoms with Gasteiger partial charge < -0.3 is 25.3 Å². The number of aliphatic hydroxyl groups is 1. The van der Waals surface area contributed by atoms with Crippen LogP contribution in [0.15, 0.2) is 49.1 Å². The van der Waals surface area contributed by atoms with E-state index in [2.05, 4.69) is 35.8 Å². The van der Waals surface area contributed by atoms with Crippen molar-refractivity contribution in [2.45, 2.75) is 6.92 Å². The molecule has 0 saturated carbocycles. The predicted molar refractivity (Wildman–Crippen MR) is 134 cm³/mol. The summed E-state index contributed by atoms with van der Waals surface area (Å²) < 4.78 is 26.6. The van der Waals surface area contributed by atoms with Crippen molar-refractivity contribution >= 4 is 16.9 Å². The van der Waals surface area contributed by atoms with Crippen molar-refractivity contribution in [1.82, 2.24) is 29.9 Å². The van der Waals surface area contributed by atoms with Crippen molar-refractivity contribution < 1.29 is 19.0 Å². The van der Waals surface area contributed by atoms with Gasteiger partial charge in [-0.05, 0) is 30.7 Å². The maximum Gasteiger partial charge on any atom is 0.322 e. The Labute approximate surface area is 210 Å². The number of fused-ring (bicyclic) bond motifs is 1. The molecule has 5 rings (SSSR count). The number of hydrogen-bond acceptors (Lipinski definition) is 9. The molecule has 0 radical (unpaired) electrons. The number of nitrogens with zero attached hydrogens (tertiary/aromatic N) is 5. The van der Waals surface area contributed by atoms with Crippen LogP contribution < -0.4 is 15.2 Å². The normalized spacial score (nSPS) is 10.9. The second-order valence-electron chi connectivity index (χ2n) is 7.87. The standard InChI is InChI=1S/C26H20FN7O3/c1-3-16-11-20(36-9-8-35)17(12-30-16)23-21(22-24(28)31-13-32-25(22)34-23)15-4-5-19(18(27)10-15)37-26-29-7-6-14(2)33-26/h1,4-7,10-13,35H,8-9H2,2H3,(H3,28,31,32,34). The van der Waals surface area contributed by atoms with Crippen molar-refractivity contribution in [3.63, 3.8) is 0 Å². The zero-order valence-corrected chi connectivity index (χ0v) is 19.6. The third-order valence-electron chi connectivity index (χ3n) is 5.45. The number of nitrogens with two attached hydrogens (primary N) is 1. The highest BCUT2D eigenvalue weighted by Crippen LogP contribution is 2.43. The number of anilines is 1. The summed E-state index contributed by atoms with van der Waals surface area (Å²) in [6, 6.07) is 7.77. The lowest BCUT2D eigenvalue weighted by Gasteiger charge is -2.13. The Kier molecular flexibility index (Phi) is 6.32. The maximum atomic E-state index is 15.3. The van der Waals surface area contributed by atoms with E-state index in [1.807, 2.05) is 0 Å². The van der Waals surface area contributed by atoms with Gasteiger partial charge in [-0.25, -0.2) is 29.3 Å². The molecule has 4 N–H and O–H groups in total. The summed E-state index contributed by atoms with van der Waals surface area (Å²) in [6.07, 6.45) is 9.89. The number of nitrogen functional groups attached to an aromatic ring is 1. The van der Waals surface area contributed by atoms with E-state index < -0.39 is 5.82 Å². The summed E-state index contributed by atoms with van der Waals surface area (Å²) in [6.45, 7) is 1.60. The summed E-state index contributed by atoms with van der Waals surface area (Å²) in [5.74, 6) is 2.34. The van der Waals surface area contributed by atoms with E-state index in [4.69, 9.17) is 21.6 Å². The molecule has 11 heteroatoms. The highest BCUT2D eigenvalue weighted by molar-refractivity contribution is 6.07. The van der Waals surface area contributed by atoms with E-state index in [1.165, 1.54) is 30.9 Å². The van der Waals surface area contributed by atoms with E-state index in [9.17, 15) is 5.11 Å². The summed E-state index contributed by atoms with van der Waals surface area (Å²) >= 11 is 0. The number of hydrogen-bond donors (Lipinski definition) is 3. The molecule has 0 spiro atoms. The number of nitrogens with one attached hydrogen (secondary N) is 1. The molecule has 0 amide bonds. The first-order valence-electron chi connectivity index (χ1n) is 11.1. The molecular weight excluding hydrogens is 477 g/mol. The fourth-order valence-corrected chi connectivity index (χ4v) is 3.83.